The Bertz CT molecular complexity index is 1630. The smallest absolute Gasteiger partial charge is 0.333 e. The molecule has 0 radical (unpaired) electrons. The van der Waals surface area contributed by atoms with Crippen LogP contribution in [0.2, 0.25) is 0 Å². The Hall–Kier alpha value is -4.48. The molecule has 10 nitrogen and oxygen atoms in total. The highest BCUT2D eigenvalue weighted by atomic mass is 19.3. The van der Waals surface area contributed by atoms with Crippen LogP contribution in [0.1, 0.15) is 36.8 Å². The van der Waals surface area contributed by atoms with Gasteiger partial charge in [0.2, 0.25) is 6.79 Å². The second-order valence-corrected chi connectivity index (χ2v) is 9.54. The van der Waals surface area contributed by atoms with E-state index in [1.165, 1.54) is 18.7 Å². The minimum atomic E-state index is -2.68. The number of benzene rings is 1. The largest absolute Gasteiger partial charge is 0.454 e. The second kappa shape index (κ2) is 8.82. The quantitative estimate of drug-likeness (QED) is 0.336. The van der Waals surface area contributed by atoms with Crippen LogP contribution in [0.15, 0.2) is 43.0 Å². The van der Waals surface area contributed by atoms with E-state index in [1.807, 2.05) is 31.2 Å². The number of imidazole rings is 1. The maximum absolute atomic E-state index is 13.0. The van der Waals surface area contributed by atoms with Crippen molar-refractivity contribution in [3.05, 3.63) is 54.5 Å². The number of aryl methyl sites for hydroxylation is 1. The summed E-state index contributed by atoms with van der Waals surface area (Å²) in [6.07, 6.45) is 6.09. The van der Waals surface area contributed by atoms with E-state index in [2.05, 4.69) is 29.9 Å². The van der Waals surface area contributed by atoms with Crippen molar-refractivity contribution in [3.63, 3.8) is 0 Å². The topological polar surface area (TPSA) is 110 Å². The molecule has 2 aliphatic heterocycles. The monoisotopic (exact) mass is 518 g/mol. The molecular weight excluding hydrogens is 494 g/mol. The summed E-state index contributed by atoms with van der Waals surface area (Å²) in [5.74, 6) is 3.62. The van der Waals surface area contributed by atoms with Crippen LogP contribution in [-0.2, 0) is 0 Å². The molecule has 2 aliphatic rings. The molecule has 0 amide bonds. The van der Waals surface area contributed by atoms with Crippen molar-refractivity contribution < 1.29 is 18.3 Å². The van der Waals surface area contributed by atoms with Gasteiger partial charge in [0.15, 0.2) is 11.5 Å². The molecular formula is C26H24F2N8O2. The zero-order chi connectivity index (χ0) is 25.8. The third-order valence-corrected chi connectivity index (χ3v) is 7.26. The molecule has 0 bridgehead atoms. The van der Waals surface area contributed by atoms with Gasteiger partial charge in [-0.2, -0.15) is 13.9 Å². The predicted molar refractivity (Wildman–Crippen MR) is 135 cm³/mol. The molecule has 0 atom stereocenters. The van der Waals surface area contributed by atoms with Crippen LogP contribution in [0.5, 0.6) is 11.5 Å². The number of ether oxygens (including phenoxy) is 2. The number of piperidine rings is 1. The first-order valence-electron chi connectivity index (χ1n) is 12.4. The van der Waals surface area contributed by atoms with Crippen molar-refractivity contribution in [1.29, 1.82) is 0 Å². The van der Waals surface area contributed by atoms with Crippen molar-refractivity contribution >= 4 is 16.9 Å². The molecule has 1 saturated heterocycles. The molecule has 6 heterocycles. The summed E-state index contributed by atoms with van der Waals surface area (Å²) in [7, 11) is 0. The number of rotatable bonds is 5. The predicted octanol–water partition coefficient (Wildman–Crippen LogP) is 5.03. The average molecular weight is 519 g/mol. The minimum Gasteiger partial charge on any atom is -0.454 e. The average Bonchev–Trinajstić information content (AvgIpc) is 3.73. The number of anilines is 1. The van der Waals surface area contributed by atoms with Crippen LogP contribution in [0.3, 0.4) is 0 Å². The van der Waals surface area contributed by atoms with Crippen LogP contribution < -0.4 is 14.4 Å². The van der Waals surface area contributed by atoms with Gasteiger partial charge in [-0.15, -0.1) is 0 Å². The molecule has 194 valence electrons. The fourth-order valence-electron chi connectivity index (χ4n) is 5.29. The number of hydrogen-bond acceptors (Lipinski definition) is 7. The van der Waals surface area contributed by atoms with Crippen molar-refractivity contribution in [2.24, 2.45) is 0 Å². The Labute approximate surface area is 215 Å². The van der Waals surface area contributed by atoms with Crippen molar-refractivity contribution in [1.82, 2.24) is 34.7 Å². The fourth-order valence-corrected chi connectivity index (χ4v) is 5.29. The van der Waals surface area contributed by atoms with Crippen LogP contribution in [0.4, 0.5) is 14.6 Å². The summed E-state index contributed by atoms with van der Waals surface area (Å²) < 4.78 is 37.5. The van der Waals surface area contributed by atoms with E-state index in [4.69, 9.17) is 14.5 Å². The Kier molecular flexibility index (Phi) is 5.27. The number of H-pyrrole nitrogens is 2. The lowest BCUT2D eigenvalue weighted by Crippen LogP contribution is -2.33. The number of halogens is 2. The first-order valence-corrected chi connectivity index (χ1v) is 12.4. The molecule has 1 fully saturated rings. The highest BCUT2D eigenvalue weighted by molar-refractivity contribution is 5.91. The van der Waals surface area contributed by atoms with Gasteiger partial charge in [-0.25, -0.2) is 19.6 Å². The van der Waals surface area contributed by atoms with Gasteiger partial charge in [-0.05, 0) is 44.0 Å². The van der Waals surface area contributed by atoms with Gasteiger partial charge in [0.25, 0.3) is 0 Å². The summed E-state index contributed by atoms with van der Waals surface area (Å²) in [5.41, 5.74) is 4.87. The maximum Gasteiger partial charge on any atom is 0.333 e. The number of nitrogens with zero attached hydrogens (tertiary/aromatic N) is 6. The lowest BCUT2D eigenvalue weighted by atomic mass is 9.96. The second-order valence-electron chi connectivity index (χ2n) is 9.54. The number of fused-ring (bicyclic) bond motifs is 2. The summed E-state index contributed by atoms with van der Waals surface area (Å²) in [6.45, 7) is 1.19. The molecule has 12 heteroatoms. The van der Waals surface area contributed by atoms with Crippen LogP contribution in [0.25, 0.3) is 33.5 Å². The van der Waals surface area contributed by atoms with Crippen LogP contribution in [-0.4, -0.2) is 54.6 Å². The first kappa shape index (κ1) is 22.7. The summed E-state index contributed by atoms with van der Waals surface area (Å²) >= 11 is 0. The third kappa shape index (κ3) is 3.83. The fraction of sp³-hybridized carbons (Fsp3) is 0.308. The van der Waals surface area contributed by atoms with E-state index in [0.29, 0.717) is 27.5 Å². The lowest BCUT2D eigenvalue weighted by molar-refractivity contribution is 0.0566. The van der Waals surface area contributed by atoms with E-state index in [-0.39, 0.29) is 6.79 Å². The van der Waals surface area contributed by atoms with E-state index in [1.54, 1.807) is 0 Å². The summed E-state index contributed by atoms with van der Waals surface area (Å²) in [4.78, 5) is 22.8. The van der Waals surface area contributed by atoms with Gasteiger partial charge in [-0.3, -0.25) is 0 Å². The van der Waals surface area contributed by atoms with Gasteiger partial charge < -0.3 is 24.3 Å². The summed E-state index contributed by atoms with van der Waals surface area (Å²) in [5, 5.41) is 4.59. The van der Waals surface area contributed by atoms with E-state index >= 15 is 0 Å². The molecule has 0 aliphatic carbocycles. The first-order chi connectivity index (χ1) is 18.5. The number of aromatic amines is 2. The molecule has 5 aromatic rings. The SMILES string of the molecule is Cc1nc(C2CCN(c3ncnc4[nH]c(-c5cnn(C(F)F)c5)cc34)CC2)[nH]c1-c1ccc2c(c1)OCO2. The van der Waals surface area contributed by atoms with Gasteiger partial charge in [0.1, 0.15) is 23.6 Å². The molecule has 4 aromatic heterocycles. The Morgan fingerprint density at radius 1 is 1.03 bits per heavy atom. The van der Waals surface area contributed by atoms with Crippen LogP contribution >= 0.6 is 0 Å². The number of alkyl halides is 2. The van der Waals surface area contributed by atoms with Gasteiger partial charge >= 0.3 is 6.55 Å². The minimum absolute atomic E-state index is 0.247. The molecule has 1 aromatic carbocycles. The molecule has 7 rings (SSSR count). The number of nitrogens with one attached hydrogen (secondary N) is 2. The zero-order valence-electron chi connectivity index (χ0n) is 20.5. The summed E-state index contributed by atoms with van der Waals surface area (Å²) in [6, 6.07) is 7.83. The molecule has 38 heavy (non-hydrogen) atoms. The van der Waals surface area contributed by atoms with E-state index in [9.17, 15) is 8.78 Å². The molecule has 0 unspecified atom stereocenters. The Morgan fingerprint density at radius 3 is 2.68 bits per heavy atom. The van der Waals surface area contributed by atoms with Crippen molar-refractivity contribution in [2.45, 2.75) is 32.2 Å². The normalized spacial score (nSPS) is 15.7. The number of hydrogen-bond donors (Lipinski definition) is 2. The molecule has 0 saturated carbocycles. The molecule has 2 N–H and O–H groups in total. The third-order valence-electron chi connectivity index (χ3n) is 7.26. The Morgan fingerprint density at radius 2 is 1.87 bits per heavy atom. The standard InChI is InChI=1S/C26H24F2N8O2/c1-14-22(16-2-3-20-21(8-16)38-13-37-20)34-23(32-14)15-4-6-35(7-5-15)25-18-9-19(33-24(18)29-12-30-25)17-10-31-36(11-17)26(27)28/h2-3,8-12,15,26H,4-7,13H2,1H3,(H,32,34)(H,29,30,33). The molecule has 0 spiro atoms. The maximum atomic E-state index is 13.0. The van der Waals surface area contributed by atoms with E-state index < -0.39 is 6.55 Å². The highest BCUT2D eigenvalue weighted by Crippen LogP contribution is 2.38. The van der Waals surface area contributed by atoms with E-state index in [0.717, 1.165) is 71.4 Å². The van der Waals surface area contributed by atoms with Gasteiger partial charge in [-0.1, -0.05) is 0 Å². The van der Waals surface area contributed by atoms with Gasteiger partial charge in [0, 0.05) is 36.3 Å². The van der Waals surface area contributed by atoms with Crippen molar-refractivity contribution in [3.8, 4) is 34.0 Å². The van der Waals surface area contributed by atoms with Crippen LogP contribution in [0, 0.1) is 6.92 Å². The highest BCUT2D eigenvalue weighted by Gasteiger charge is 2.27. The number of aromatic nitrogens is 7. The lowest BCUT2D eigenvalue weighted by Gasteiger charge is -2.32. The zero-order valence-corrected chi connectivity index (χ0v) is 20.5. The Balaban J connectivity index is 1.09. The van der Waals surface area contributed by atoms with Gasteiger partial charge in [0.05, 0.1) is 28.7 Å². The van der Waals surface area contributed by atoms with Crippen molar-refractivity contribution in [2.75, 3.05) is 24.8 Å².